The zero-order chi connectivity index (χ0) is 15.6. The molecule has 0 bridgehead atoms. The molecule has 0 radical (unpaired) electrons. The van der Waals surface area contributed by atoms with Gasteiger partial charge in [-0.15, -0.1) is 0 Å². The van der Waals surface area contributed by atoms with Gasteiger partial charge in [-0.25, -0.2) is 9.59 Å². The third kappa shape index (κ3) is 3.60. The van der Waals surface area contributed by atoms with Crippen molar-refractivity contribution in [2.24, 2.45) is 0 Å². The maximum atomic E-state index is 11.4. The zero-order valence-electron chi connectivity index (χ0n) is 11.3. The minimum atomic E-state index is -1.12. The van der Waals surface area contributed by atoms with Gasteiger partial charge in [0.25, 0.3) is 0 Å². The third-order valence-electron chi connectivity index (χ3n) is 3.24. The molecule has 0 spiro atoms. The molecule has 4 nitrogen and oxygen atoms in total. The number of aryl methyl sites for hydroxylation is 1. The monoisotopic (exact) mass is 396 g/mol. The van der Waals surface area contributed by atoms with E-state index in [1.165, 1.54) is 12.1 Å². The lowest BCUT2D eigenvalue weighted by atomic mass is 9.93. The number of aromatic carboxylic acids is 2. The first-order chi connectivity index (χ1) is 9.88. The van der Waals surface area contributed by atoms with Gasteiger partial charge in [-0.1, -0.05) is 12.1 Å². The van der Waals surface area contributed by atoms with E-state index in [0.717, 1.165) is 9.13 Å². The molecule has 21 heavy (non-hydrogen) atoms. The Kier molecular flexibility index (Phi) is 4.62. The van der Waals surface area contributed by atoms with Gasteiger partial charge < -0.3 is 10.2 Å². The second-order valence-electron chi connectivity index (χ2n) is 4.73. The number of halogens is 1. The molecule has 2 rings (SSSR count). The van der Waals surface area contributed by atoms with E-state index in [1.807, 2.05) is 24.3 Å². The Morgan fingerprint density at radius 1 is 1.05 bits per heavy atom. The molecule has 0 unspecified atom stereocenters. The summed E-state index contributed by atoms with van der Waals surface area (Å²) in [7, 11) is 0. The maximum absolute atomic E-state index is 11.4. The first-order valence-corrected chi connectivity index (χ1v) is 7.31. The molecule has 0 aromatic heterocycles. The van der Waals surface area contributed by atoms with E-state index in [1.54, 1.807) is 6.92 Å². The highest BCUT2D eigenvalue weighted by Crippen LogP contribution is 2.22. The first-order valence-electron chi connectivity index (χ1n) is 6.23. The van der Waals surface area contributed by atoms with Crippen molar-refractivity contribution in [1.29, 1.82) is 0 Å². The summed E-state index contributed by atoms with van der Waals surface area (Å²) in [5.74, 6) is -2.23. The van der Waals surface area contributed by atoms with Crippen LogP contribution in [0.5, 0.6) is 0 Å². The fourth-order valence-electron chi connectivity index (χ4n) is 2.17. The van der Waals surface area contributed by atoms with Gasteiger partial charge >= 0.3 is 11.9 Å². The minimum absolute atomic E-state index is 0.00346. The quantitative estimate of drug-likeness (QED) is 0.775. The van der Waals surface area contributed by atoms with Crippen molar-refractivity contribution in [2.75, 3.05) is 0 Å². The molecular formula is C16H13IO4. The molecule has 2 N–H and O–H groups in total. The number of hydrogen-bond acceptors (Lipinski definition) is 2. The van der Waals surface area contributed by atoms with Gasteiger partial charge in [-0.3, -0.25) is 0 Å². The second kappa shape index (κ2) is 6.26. The summed E-state index contributed by atoms with van der Waals surface area (Å²) in [5.41, 5.74) is 2.35. The number of carbonyl (C=O) groups is 2. The molecule has 0 fully saturated rings. The molecule has 0 heterocycles. The van der Waals surface area contributed by atoms with E-state index in [9.17, 15) is 14.7 Å². The zero-order valence-corrected chi connectivity index (χ0v) is 13.4. The van der Waals surface area contributed by atoms with Crippen LogP contribution in [0.15, 0.2) is 36.4 Å². The summed E-state index contributed by atoms with van der Waals surface area (Å²) in [4.78, 5) is 22.4. The van der Waals surface area contributed by atoms with E-state index in [-0.39, 0.29) is 11.1 Å². The van der Waals surface area contributed by atoms with Crippen LogP contribution >= 0.6 is 22.6 Å². The van der Waals surface area contributed by atoms with Crippen molar-refractivity contribution in [1.82, 2.24) is 0 Å². The van der Waals surface area contributed by atoms with Crippen molar-refractivity contribution >= 4 is 34.5 Å². The summed E-state index contributed by atoms with van der Waals surface area (Å²) in [5, 5.41) is 18.4. The Morgan fingerprint density at radius 2 is 1.67 bits per heavy atom. The Balaban J connectivity index is 2.49. The molecule has 2 aromatic carbocycles. The molecule has 108 valence electrons. The summed E-state index contributed by atoms with van der Waals surface area (Å²) in [6, 6.07) is 10.5. The Labute approximate surface area is 135 Å². The number of benzene rings is 2. The van der Waals surface area contributed by atoms with Gasteiger partial charge in [0.1, 0.15) is 0 Å². The van der Waals surface area contributed by atoms with Gasteiger partial charge in [0.15, 0.2) is 0 Å². The van der Waals surface area contributed by atoms with Crippen LogP contribution in [0.1, 0.15) is 37.4 Å². The van der Waals surface area contributed by atoms with Gasteiger partial charge in [0.05, 0.1) is 11.1 Å². The summed E-state index contributed by atoms with van der Waals surface area (Å²) in [6.45, 7) is 1.74. The van der Waals surface area contributed by atoms with E-state index in [0.29, 0.717) is 17.5 Å². The molecule has 2 aromatic rings. The van der Waals surface area contributed by atoms with Crippen molar-refractivity contribution < 1.29 is 19.8 Å². The van der Waals surface area contributed by atoms with Crippen LogP contribution < -0.4 is 0 Å². The number of hydrogen-bond donors (Lipinski definition) is 2. The van der Waals surface area contributed by atoms with Crippen LogP contribution in [0.25, 0.3) is 0 Å². The molecular weight excluding hydrogens is 383 g/mol. The Hall–Kier alpha value is -1.89. The fraction of sp³-hybridized carbons (Fsp3) is 0.125. The lowest BCUT2D eigenvalue weighted by molar-refractivity contribution is 0.0695. The molecule has 0 amide bonds. The van der Waals surface area contributed by atoms with E-state index in [4.69, 9.17) is 5.11 Å². The molecule has 0 saturated carbocycles. The van der Waals surface area contributed by atoms with E-state index in [2.05, 4.69) is 22.6 Å². The third-order valence-corrected chi connectivity index (χ3v) is 3.96. The normalized spacial score (nSPS) is 10.4. The van der Waals surface area contributed by atoms with Gasteiger partial charge in [-0.05, 0) is 76.9 Å². The van der Waals surface area contributed by atoms with Gasteiger partial charge in [0.2, 0.25) is 0 Å². The van der Waals surface area contributed by atoms with E-state index < -0.39 is 11.9 Å². The lowest BCUT2D eigenvalue weighted by Gasteiger charge is -2.12. The summed E-state index contributed by atoms with van der Waals surface area (Å²) >= 11 is 2.20. The summed E-state index contributed by atoms with van der Waals surface area (Å²) in [6.07, 6.45) is 0.463. The van der Waals surface area contributed by atoms with Crippen molar-refractivity contribution in [3.05, 3.63) is 67.8 Å². The second-order valence-corrected chi connectivity index (χ2v) is 5.98. The van der Waals surface area contributed by atoms with Crippen molar-refractivity contribution in [3.8, 4) is 0 Å². The molecule has 0 aliphatic carbocycles. The average Bonchev–Trinajstić information content (AvgIpc) is 2.42. The molecule has 5 heteroatoms. The largest absolute Gasteiger partial charge is 0.478 e. The van der Waals surface area contributed by atoms with Crippen LogP contribution in [-0.2, 0) is 6.42 Å². The number of rotatable bonds is 4. The predicted molar refractivity (Wildman–Crippen MR) is 87.1 cm³/mol. The highest BCUT2D eigenvalue weighted by molar-refractivity contribution is 14.1. The van der Waals surface area contributed by atoms with Crippen LogP contribution in [0.2, 0.25) is 0 Å². The first kappa shape index (κ1) is 15.5. The minimum Gasteiger partial charge on any atom is -0.478 e. The van der Waals surface area contributed by atoms with Crippen LogP contribution in [0.3, 0.4) is 0 Å². The SMILES string of the molecule is Cc1cc(C(=O)O)cc(C(=O)O)c1Cc1ccc(I)cc1. The predicted octanol–water partition coefficient (Wildman–Crippen LogP) is 3.59. The van der Waals surface area contributed by atoms with Gasteiger partial charge in [0, 0.05) is 3.57 Å². The maximum Gasteiger partial charge on any atom is 0.336 e. The number of carboxylic acids is 2. The Bertz CT molecular complexity index is 705. The van der Waals surface area contributed by atoms with Crippen molar-refractivity contribution in [3.63, 3.8) is 0 Å². The topological polar surface area (TPSA) is 74.6 Å². The van der Waals surface area contributed by atoms with Crippen LogP contribution in [-0.4, -0.2) is 22.2 Å². The van der Waals surface area contributed by atoms with Crippen molar-refractivity contribution in [2.45, 2.75) is 13.3 Å². The lowest BCUT2D eigenvalue weighted by Crippen LogP contribution is -2.09. The Morgan fingerprint density at radius 3 is 2.19 bits per heavy atom. The standard InChI is InChI=1S/C16H13IO4/c1-9-6-11(15(18)19)8-14(16(20)21)13(9)7-10-2-4-12(17)5-3-10/h2-6,8H,7H2,1H3,(H,18,19)(H,20,21). The van der Waals surface area contributed by atoms with Crippen LogP contribution in [0.4, 0.5) is 0 Å². The molecule has 0 saturated heterocycles. The highest BCUT2D eigenvalue weighted by Gasteiger charge is 2.17. The average molecular weight is 396 g/mol. The van der Waals surface area contributed by atoms with E-state index >= 15 is 0 Å². The van der Waals surface area contributed by atoms with Gasteiger partial charge in [-0.2, -0.15) is 0 Å². The molecule has 0 atom stereocenters. The molecule has 0 aliphatic heterocycles. The highest BCUT2D eigenvalue weighted by atomic mass is 127. The fourth-order valence-corrected chi connectivity index (χ4v) is 2.53. The molecule has 0 aliphatic rings. The number of carboxylic acid groups (broad SMARTS) is 2. The smallest absolute Gasteiger partial charge is 0.336 e. The van der Waals surface area contributed by atoms with Crippen LogP contribution in [0, 0.1) is 10.5 Å². The summed E-state index contributed by atoms with van der Waals surface area (Å²) < 4.78 is 1.10.